The predicted molar refractivity (Wildman–Crippen MR) is 99.0 cm³/mol. The molecule has 1 fully saturated rings. The van der Waals surface area contributed by atoms with Crippen LogP contribution in [0.3, 0.4) is 0 Å². The highest BCUT2D eigenvalue weighted by Gasteiger charge is 2.44. The average Bonchev–Trinajstić information content (AvgIpc) is 2.69. The maximum absolute atomic E-state index is 12.3. The molecule has 0 radical (unpaired) electrons. The summed E-state index contributed by atoms with van der Waals surface area (Å²) in [7, 11) is 0. The number of hydrogen-bond donors (Lipinski definition) is 0. The van der Waals surface area contributed by atoms with E-state index in [1.165, 1.54) is 29.2 Å². The van der Waals surface area contributed by atoms with Gasteiger partial charge in [-0.1, -0.05) is 0 Å². The summed E-state index contributed by atoms with van der Waals surface area (Å²) < 4.78 is 12.1. The summed E-state index contributed by atoms with van der Waals surface area (Å²) in [4.78, 5) is 44.2. The number of quaternary nitrogens is 1. The minimum Gasteiger partial charge on any atom is -0.490 e. The number of carbonyl (C=O) groups excluding carboxylic acids is 2. The molecule has 1 aliphatic heterocycles. The van der Waals surface area contributed by atoms with Gasteiger partial charge in [-0.25, -0.2) is 9.78 Å². The van der Waals surface area contributed by atoms with E-state index in [2.05, 4.69) is 9.97 Å². The number of hydrogen-bond acceptors (Lipinski definition) is 7. The first-order chi connectivity index (χ1) is 13.4. The molecule has 0 unspecified atom stereocenters. The van der Waals surface area contributed by atoms with Crippen molar-refractivity contribution in [2.75, 3.05) is 13.1 Å². The molecule has 0 N–H and O–H groups in total. The highest BCUT2D eigenvalue weighted by atomic mass is 16.6. The molecule has 1 saturated heterocycles. The lowest BCUT2D eigenvalue weighted by Gasteiger charge is -2.35. The molecule has 1 aliphatic rings. The van der Waals surface area contributed by atoms with E-state index in [1.807, 2.05) is 0 Å². The van der Waals surface area contributed by atoms with Crippen LogP contribution in [0.4, 0.5) is 4.79 Å². The summed E-state index contributed by atoms with van der Waals surface area (Å²) in [5, 5.41) is 0. The Bertz CT molecular complexity index is 889. The normalized spacial score (nSPS) is 21.9. The van der Waals surface area contributed by atoms with Gasteiger partial charge in [0.2, 0.25) is 0 Å². The summed E-state index contributed by atoms with van der Waals surface area (Å²) in [6.07, 6.45) is 6.76. The molecule has 2 aromatic rings. The van der Waals surface area contributed by atoms with Crippen LogP contribution in [0.1, 0.15) is 26.7 Å². The number of piperidine rings is 1. The molecule has 9 nitrogen and oxygen atoms in total. The van der Waals surface area contributed by atoms with E-state index in [9.17, 15) is 14.4 Å². The zero-order valence-electron chi connectivity index (χ0n) is 15.9. The number of pyridine rings is 1. The Morgan fingerprint density at radius 2 is 2.07 bits per heavy atom. The largest absolute Gasteiger partial charge is 0.523 e. The molecule has 0 saturated carbocycles. The summed E-state index contributed by atoms with van der Waals surface area (Å²) in [6, 6.07) is 3.07. The molecule has 0 aromatic carbocycles. The molecule has 3 rings (SSSR count). The van der Waals surface area contributed by atoms with E-state index < -0.39 is 6.09 Å². The van der Waals surface area contributed by atoms with Crippen LogP contribution < -0.4 is 10.3 Å². The standard InChI is InChI=1S/C19H23N4O5/c1-14(2)27-19(26)23(13-24)9-4-15(5-10-23)28-16-3-8-22(18(25)11-16)17-12-20-6-7-21-17/h3,6-8,11-15H,4-5,9-10H2,1-2H3/q+1. The first-order valence-electron chi connectivity index (χ1n) is 9.13. The molecule has 0 spiro atoms. The summed E-state index contributed by atoms with van der Waals surface area (Å²) in [5.41, 5.74) is -0.285. The number of nitrogens with zero attached hydrogens (tertiary/aromatic N) is 4. The van der Waals surface area contributed by atoms with Gasteiger partial charge in [-0.05, 0) is 19.9 Å². The fourth-order valence-corrected chi connectivity index (χ4v) is 3.09. The van der Waals surface area contributed by atoms with Gasteiger partial charge in [-0.2, -0.15) is 9.28 Å². The van der Waals surface area contributed by atoms with Crippen molar-refractivity contribution in [2.45, 2.75) is 38.9 Å². The van der Waals surface area contributed by atoms with Gasteiger partial charge in [0.25, 0.3) is 5.56 Å². The van der Waals surface area contributed by atoms with Crippen molar-refractivity contribution in [1.29, 1.82) is 0 Å². The maximum atomic E-state index is 12.3. The number of rotatable bonds is 5. The number of aromatic nitrogens is 3. The topological polar surface area (TPSA) is 100 Å². The van der Waals surface area contributed by atoms with Crippen LogP contribution in [0.2, 0.25) is 0 Å². The third-order valence-corrected chi connectivity index (χ3v) is 4.59. The molecule has 0 atom stereocenters. The van der Waals surface area contributed by atoms with E-state index in [-0.39, 0.29) is 22.3 Å². The van der Waals surface area contributed by atoms with Gasteiger partial charge in [-0.15, -0.1) is 0 Å². The molecule has 0 aliphatic carbocycles. The highest BCUT2D eigenvalue weighted by Crippen LogP contribution is 2.23. The molecule has 148 valence electrons. The molecule has 2 aromatic heterocycles. The minimum absolute atomic E-state index is 0.190. The van der Waals surface area contributed by atoms with E-state index in [0.717, 1.165) is 0 Å². The van der Waals surface area contributed by atoms with E-state index in [0.29, 0.717) is 43.9 Å². The van der Waals surface area contributed by atoms with Gasteiger partial charge >= 0.3 is 12.5 Å². The third kappa shape index (κ3) is 4.25. The van der Waals surface area contributed by atoms with Crippen LogP contribution in [-0.4, -0.2) is 56.8 Å². The van der Waals surface area contributed by atoms with Crippen LogP contribution in [0.15, 0.2) is 41.7 Å². The maximum Gasteiger partial charge on any atom is 0.523 e. The Kier molecular flexibility index (Phi) is 5.84. The van der Waals surface area contributed by atoms with Gasteiger partial charge in [0.1, 0.15) is 18.0 Å². The quantitative estimate of drug-likeness (QED) is 0.568. The zero-order chi connectivity index (χ0) is 20.1. The van der Waals surface area contributed by atoms with Crippen molar-refractivity contribution in [3.8, 4) is 11.6 Å². The van der Waals surface area contributed by atoms with Gasteiger partial charge in [-0.3, -0.25) is 14.3 Å². The monoisotopic (exact) mass is 387 g/mol. The fourth-order valence-electron chi connectivity index (χ4n) is 3.09. The average molecular weight is 387 g/mol. The van der Waals surface area contributed by atoms with Crippen molar-refractivity contribution in [1.82, 2.24) is 14.5 Å². The molecule has 0 bridgehead atoms. The summed E-state index contributed by atoms with van der Waals surface area (Å²) in [6.45, 7) is 4.10. The molecule has 28 heavy (non-hydrogen) atoms. The van der Waals surface area contributed by atoms with Gasteiger partial charge in [0.15, 0.2) is 5.82 Å². The van der Waals surface area contributed by atoms with Crippen molar-refractivity contribution >= 4 is 12.5 Å². The molecular formula is C19H23N4O5+. The van der Waals surface area contributed by atoms with Gasteiger partial charge in [0, 0.05) is 37.5 Å². The second kappa shape index (κ2) is 8.30. The lowest BCUT2D eigenvalue weighted by molar-refractivity contribution is -0.780. The first kappa shape index (κ1) is 19.7. The second-order valence-corrected chi connectivity index (χ2v) is 6.97. The van der Waals surface area contributed by atoms with Crippen molar-refractivity contribution in [3.05, 3.63) is 47.3 Å². The summed E-state index contributed by atoms with van der Waals surface area (Å²) in [5.74, 6) is 0.861. The van der Waals surface area contributed by atoms with E-state index in [4.69, 9.17) is 9.47 Å². The smallest absolute Gasteiger partial charge is 0.490 e. The van der Waals surface area contributed by atoms with Gasteiger partial charge < -0.3 is 9.47 Å². The number of amides is 2. The second-order valence-electron chi connectivity index (χ2n) is 6.97. The number of imide groups is 1. The fraction of sp³-hybridized carbons (Fsp3) is 0.421. The highest BCUT2D eigenvalue weighted by molar-refractivity contribution is 5.69. The predicted octanol–water partition coefficient (Wildman–Crippen LogP) is 1.69. The third-order valence-electron chi connectivity index (χ3n) is 4.59. The molecule has 9 heteroatoms. The Balaban J connectivity index is 1.65. The molecule has 3 heterocycles. The van der Waals surface area contributed by atoms with Crippen molar-refractivity contribution < 1.29 is 23.5 Å². The van der Waals surface area contributed by atoms with E-state index >= 15 is 0 Å². The lowest BCUT2D eigenvalue weighted by atomic mass is 10.1. The van der Waals surface area contributed by atoms with Crippen LogP contribution in [-0.2, 0) is 9.53 Å². The Labute approximate surface area is 162 Å². The Morgan fingerprint density at radius 3 is 2.64 bits per heavy atom. The van der Waals surface area contributed by atoms with Crippen LogP contribution in [0.5, 0.6) is 5.75 Å². The Hall–Kier alpha value is -3.07. The minimum atomic E-state index is -0.532. The Morgan fingerprint density at radius 1 is 1.32 bits per heavy atom. The van der Waals surface area contributed by atoms with Crippen molar-refractivity contribution in [2.24, 2.45) is 0 Å². The van der Waals surface area contributed by atoms with Crippen LogP contribution in [0, 0.1) is 0 Å². The first-order valence-corrected chi connectivity index (χ1v) is 9.13. The number of likely N-dealkylation sites (tertiary alicyclic amines) is 1. The summed E-state index contributed by atoms with van der Waals surface area (Å²) >= 11 is 0. The van der Waals surface area contributed by atoms with Crippen LogP contribution >= 0.6 is 0 Å². The zero-order valence-corrected chi connectivity index (χ0v) is 15.9. The van der Waals surface area contributed by atoms with E-state index in [1.54, 1.807) is 26.1 Å². The lowest BCUT2D eigenvalue weighted by Crippen LogP contribution is -2.58. The van der Waals surface area contributed by atoms with Crippen molar-refractivity contribution in [3.63, 3.8) is 0 Å². The van der Waals surface area contributed by atoms with Crippen LogP contribution in [0.25, 0.3) is 5.82 Å². The molecule has 2 amide bonds. The van der Waals surface area contributed by atoms with Gasteiger partial charge in [0.05, 0.1) is 19.3 Å². The number of carbonyl (C=O) groups is 2. The SMILES string of the molecule is CC(C)OC(=O)[N+]1(C=O)CCC(Oc2ccn(-c3cnccn3)c(=O)c2)CC1. The molecular weight excluding hydrogens is 364 g/mol. The number of ether oxygens (including phenoxy) is 2.